The summed E-state index contributed by atoms with van der Waals surface area (Å²) in [4.78, 5) is 8.70. The number of hydrogen-bond acceptors (Lipinski definition) is 7. The van der Waals surface area contributed by atoms with Crippen molar-refractivity contribution in [2.75, 3.05) is 51.7 Å². The maximum atomic E-state index is 5.61. The third kappa shape index (κ3) is 8.08. The van der Waals surface area contributed by atoms with Crippen LogP contribution in [0.2, 0.25) is 0 Å². The monoisotopic (exact) mass is 315 g/mol. The van der Waals surface area contributed by atoms with Gasteiger partial charge in [-0.1, -0.05) is 18.7 Å². The summed E-state index contributed by atoms with van der Waals surface area (Å²) in [5, 5.41) is 3.95. The van der Waals surface area contributed by atoms with Gasteiger partial charge in [-0.15, -0.1) is 0 Å². The summed E-state index contributed by atoms with van der Waals surface area (Å²) >= 11 is 1.50. The third-order valence-electron chi connectivity index (χ3n) is 2.54. The van der Waals surface area contributed by atoms with Gasteiger partial charge in [0.15, 0.2) is 5.16 Å². The number of ether oxygens (including phenoxy) is 3. The van der Waals surface area contributed by atoms with E-state index in [1.807, 2.05) is 12.3 Å². The fourth-order valence-electron chi connectivity index (χ4n) is 1.53. The zero-order chi connectivity index (χ0) is 15.3. The van der Waals surface area contributed by atoms with E-state index in [4.69, 9.17) is 14.2 Å². The second-order valence-corrected chi connectivity index (χ2v) is 5.09. The molecule has 0 atom stereocenters. The van der Waals surface area contributed by atoms with Crippen LogP contribution in [0.25, 0.3) is 0 Å². The molecule has 1 heterocycles. The van der Waals surface area contributed by atoms with Crippen LogP contribution in [0.1, 0.15) is 19.8 Å². The molecule has 0 aromatic carbocycles. The lowest BCUT2D eigenvalue weighted by Crippen LogP contribution is -2.10. The van der Waals surface area contributed by atoms with Gasteiger partial charge in [0.1, 0.15) is 12.4 Å². The normalized spacial score (nSPS) is 10.6. The van der Waals surface area contributed by atoms with Crippen molar-refractivity contribution in [1.82, 2.24) is 9.97 Å². The largest absolute Gasteiger partial charge is 0.475 e. The second-order valence-electron chi connectivity index (χ2n) is 4.31. The van der Waals surface area contributed by atoms with Crippen molar-refractivity contribution in [2.24, 2.45) is 0 Å². The van der Waals surface area contributed by atoms with Crippen LogP contribution in [0, 0.1) is 0 Å². The van der Waals surface area contributed by atoms with Gasteiger partial charge in [-0.3, -0.25) is 0 Å². The Morgan fingerprint density at radius 3 is 2.76 bits per heavy atom. The van der Waals surface area contributed by atoms with Crippen molar-refractivity contribution in [2.45, 2.75) is 24.9 Å². The number of rotatable bonds is 12. The van der Waals surface area contributed by atoms with Crippen molar-refractivity contribution < 1.29 is 14.2 Å². The molecule has 1 aromatic heterocycles. The molecule has 1 N–H and O–H groups in total. The second kappa shape index (κ2) is 11.6. The molecule has 21 heavy (non-hydrogen) atoms. The van der Waals surface area contributed by atoms with Crippen LogP contribution in [0.3, 0.4) is 0 Å². The predicted octanol–water partition coefficient (Wildman–Crippen LogP) is 2.45. The van der Waals surface area contributed by atoms with Crippen LogP contribution >= 0.6 is 11.8 Å². The van der Waals surface area contributed by atoms with Crippen LogP contribution < -0.4 is 10.1 Å². The zero-order valence-corrected chi connectivity index (χ0v) is 13.9. The molecular formula is C14H25N3O3S. The van der Waals surface area contributed by atoms with Gasteiger partial charge in [0, 0.05) is 32.9 Å². The van der Waals surface area contributed by atoms with Crippen LogP contribution in [0.15, 0.2) is 11.2 Å². The van der Waals surface area contributed by atoms with Crippen molar-refractivity contribution in [3.05, 3.63) is 6.07 Å². The molecule has 120 valence electrons. The molecule has 1 rings (SSSR count). The van der Waals surface area contributed by atoms with Gasteiger partial charge in [-0.05, 0) is 19.1 Å². The fraction of sp³-hybridized carbons (Fsp3) is 0.714. The molecule has 0 unspecified atom stereocenters. The number of anilines is 1. The Hall–Kier alpha value is -1.05. The molecule has 7 heteroatoms. The topological polar surface area (TPSA) is 65.5 Å². The number of nitrogens with zero attached hydrogens (tertiary/aromatic N) is 2. The van der Waals surface area contributed by atoms with E-state index >= 15 is 0 Å². The molecule has 0 aliphatic heterocycles. The highest BCUT2D eigenvalue weighted by Crippen LogP contribution is 2.18. The van der Waals surface area contributed by atoms with E-state index in [1.165, 1.54) is 11.8 Å². The number of nitrogens with one attached hydrogen (secondary N) is 1. The number of thioether (sulfide) groups is 1. The van der Waals surface area contributed by atoms with E-state index < -0.39 is 0 Å². The minimum atomic E-state index is 0.477. The molecule has 0 amide bonds. The molecular weight excluding hydrogens is 290 g/mol. The van der Waals surface area contributed by atoms with Gasteiger partial charge in [0.05, 0.1) is 6.61 Å². The summed E-state index contributed by atoms with van der Waals surface area (Å²) in [6.07, 6.45) is 3.89. The Labute approximate surface area is 131 Å². The van der Waals surface area contributed by atoms with Crippen LogP contribution in [-0.2, 0) is 9.47 Å². The average Bonchev–Trinajstić information content (AvgIpc) is 2.51. The van der Waals surface area contributed by atoms with E-state index in [1.54, 1.807) is 7.11 Å². The number of hydrogen-bond donors (Lipinski definition) is 1. The average molecular weight is 315 g/mol. The molecule has 0 aliphatic rings. The number of aromatic nitrogens is 2. The van der Waals surface area contributed by atoms with Crippen LogP contribution in [0.4, 0.5) is 5.82 Å². The maximum absolute atomic E-state index is 5.61. The van der Waals surface area contributed by atoms with E-state index in [0.717, 1.165) is 31.8 Å². The molecule has 0 radical (unpaired) electrons. The van der Waals surface area contributed by atoms with E-state index in [0.29, 0.717) is 30.9 Å². The molecule has 0 spiro atoms. The predicted molar refractivity (Wildman–Crippen MR) is 85.4 cm³/mol. The Balaban J connectivity index is 2.35. The summed E-state index contributed by atoms with van der Waals surface area (Å²) in [7, 11) is 1.69. The smallest absolute Gasteiger partial charge is 0.219 e. The van der Waals surface area contributed by atoms with E-state index in [9.17, 15) is 0 Å². The highest BCUT2D eigenvalue weighted by Gasteiger charge is 2.04. The maximum Gasteiger partial charge on any atom is 0.219 e. The van der Waals surface area contributed by atoms with Gasteiger partial charge < -0.3 is 19.5 Å². The lowest BCUT2D eigenvalue weighted by molar-refractivity contribution is 0.0793. The molecule has 0 fully saturated rings. The molecule has 6 nitrogen and oxygen atoms in total. The van der Waals surface area contributed by atoms with Crippen LogP contribution in [-0.4, -0.2) is 56.3 Å². The van der Waals surface area contributed by atoms with Gasteiger partial charge in [-0.2, -0.15) is 4.98 Å². The van der Waals surface area contributed by atoms with Gasteiger partial charge in [0.2, 0.25) is 5.88 Å². The standard InChI is InChI=1S/C14H25N3O3S/c1-4-6-15-12-11-13(17-14(16-12)21-3)20-10-9-19-8-5-7-18-2/h11H,4-10H2,1-3H3,(H,15,16,17). The third-order valence-corrected chi connectivity index (χ3v) is 3.08. The highest BCUT2D eigenvalue weighted by molar-refractivity contribution is 7.98. The zero-order valence-electron chi connectivity index (χ0n) is 13.1. The first-order valence-electron chi connectivity index (χ1n) is 7.16. The first-order valence-corrected chi connectivity index (χ1v) is 8.39. The molecule has 1 aromatic rings. The Morgan fingerprint density at radius 2 is 2.05 bits per heavy atom. The van der Waals surface area contributed by atoms with E-state index in [2.05, 4.69) is 22.2 Å². The minimum absolute atomic E-state index is 0.477. The molecule has 0 bridgehead atoms. The molecule has 0 aliphatic carbocycles. The van der Waals surface area contributed by atoms with Gasteiger partial charge in [-0.25, -0.2) is 4.98 Å². The molecule has 0 saturated heterocycles. The summed E-state index contributed by atoms with van der Waals surface area (Å²) < 4.78 is 16.0. The summed E-state index contributed by atoms with van der Waals surface area (Å²) in [6, 6.07) is 1.82. The lowest BCUT2D eigenvalue weighted by atomic mass is 10.4. The lowest BCUT2D eigenvalue weighted by Gasteiger charge is -2.10. The summed E-state index contributed by atoms with van der Waals surface area (Å²) in [5.41, 5.74) is 0. The Kier molecular flexibility index (Phi) is 9.94. The fourth-order valence-corrected chi connectivity index (χ4v) is 1.90. The van der Waals surface area contributed by atoms with E-state index in [-0.39, 0.29) is 0 Å². The van der Waals surface area contributed by atoms with Crippen molar-refractivity contribution >= 4 is 17.6 Å². The number of methoxy groups -OCH3 is 1. The first kappa shape index (κ1) is 18.0. The molecule has 0 saturated carbocycles. The van der Waals surface area contributed by atoms with Crippen molar-refractivity contribution in [3.63, 3.8) is 0 Å². The van der Waals surface area contributed by atoms with Gasteiger partial charge in [0.25, 0.3) is 0 Å². The summed E-state index contributed by atoms with van der Waals surface area (Å²) in [5.74, 6) is 1.38. The highest BCUT2D eigenvalue weighted by atomic mass is 32.2. The first-order chi connectivity index (χ1) is 10.3. The SMILES string of the molecule is CCCNc1cc(OCCOCCCOC)nc(SC)n1. The summed E-state index contributed by atoms with van der Waals surface area (Å²) in [6.45, 7) is 5.41. The minimum Gasteiger partial charge on any atom is -0.475 e. The Bertz CT molecular complexity index is 394. The van der Waals surface area contributed by atoms with Crippen LogP contribution in [0.5, 0.6) is 5.88 Å². The van der Waals surface area contributed by atoms with Gasteiger partial charge >= 0.3 is 0 Å². The van der Waals surface area contributed by atoms with Crippen molar-refractivity contribution in [3.8, 4) is 5.88 Å². The van der Waals surface area contributed by atoms with Crippen molar-refractivity contribution in [1.29, 1.82) is 0 Å². The Morgan fingerprint density at radius 1 is 1.19 bits per heavy atom. The quantitative estimate of drug-likeness (QED) is 0.361.